The third-order valence-electron chi connectivity index (χ3n) is 5.23. The number of hydrogen-bond donors (Lipinski definition) is 1. The summed E-state index contributed by atoms with van der Waals surface area (Å²) >= 11 is 1.49. The molecule has 1 aliphatic rings. The first kappa shape index (κ1) is 20.4. The quantitative estimate of drug-likeness (QED) is 0.472. The molecule has 0 aliphatic carbocycles. The second-order valence-corrected chi connectivity index (χ2v) is 8.59. The molecular formula is C24H22N4O3S. The van der Waals surface area contributed by atoms with Gasteiger partial charge in [0.1, 0.15) is 28.3 Å². The van der Waals surface area contributed by atoms with Gasteiger partial charge in [-0.2, -0.15) is 0 Å². The molecule has 8 heteroatoms. The molecule has 0 fully saturated rings. The summed E-state index contributed by atoms with van der Waals surface area (Å²) in [6.45, 7) is 4.81. The summed E-state index contributed by atoms with van der Waals surface area (Å²) in [7, 11) is 0. The first-order valence-corrected chi connectivity index (χ1v) is 11.3. The summed E-state index contributed by atoms with van der Waals surface area (Å²) in [6.07, 6.45) is 4.08. The van der Waals surface area contributed by atoms with E-state index in [4.69, 9.17) is 9.47 Å². The number of carbonyl (C=O) groups is 1. The topological polar surface area (TPSA) is 86.2 Å². The second kappa shape index (κ2) is 8.55. The fourth-order valence-electron chi connectivity index (χ4n) is 3.80. The van der Waals surface area contributed by atoms with Crippen molar-refractivity contribution in [2.24, 2.45) is 0 Å². The number of rotatable bonds is 6. The molecule has 5 rings (SSSR count). The molecule has 3 heterocycles. The molecule has 32 heavy (non-hydrogen) atoms. The van der Waals surface area contributed by atoms with Crippen LogP contribution in [0, 0.1) is 0 Å². The maximum Gasteiger partial charge on any atom is 0.272 e. The van der Waals surface area contributed by atoms with E-state index in [-0.39, 0.29) is 24.2 Å². The van der Waals surface area contributed by atoms with E-state index in [1.54, 1.807) is 6.20 Å². The Morgan fingerprint density at radius 1 is 1.25 bits per heavy atom. The molecular weight excluding hydrogens is 424 g/mol. The van der Waals surface area contributed by atoms with Crippen LogP contribution in [0.5, 0.6) is 11.5 Å². The van der Waals surface area contributed by atoms with Crippen LogP contribution in [0.15, 0.2) is 48.8 Å². The fourth-order valence-corrected chi connectivity index (χ4v) is 4.77. The average Bonchev–Trinajstić information content (AvgIpc) is 3.39. The van der Waals surface area contributed by atoms with Crippen molar-refractivity contribution in [2.45, 2.75) is 32.9 Å². The number of amides is 1. The van der Waals surface area contributed by atoms with E-state index >= 15 is 0 Å². The highest BCUT2D eigenvalue weighted by atomic mass is 32.1. The summed E-state index contributed by atoms with van der Waals surface area (Å²) in [4.78, 5) is 26.4. The number of benzene rings is 2. The number of hydrogen-bond acceptors (Lipinski definition) is 7. The van der Waals surface area contributed by atoms with Gasteiger partial charge < -0.3 is 14.8 Å². The maximum atomic E-state index is 13.1. The van der Waals surface area contributed by atoms with Crippen LogP contribution in [0.4, 0.5) is 0 Å². The lowest BCUT2D eigenvalue weighted by molar-refractivity contribution is 0.0946. The zero-order chi connectivity index (χ0) is 22.1. The monoisotopic (exact) mass is 446 g/mol. The summed E-state index contributed by atoms with van der Waals surface area (Å²) in [5, 5.41) is 3.63. The molecule has 1 N–H and O–H groups in total. The first-order valence-electron chi connectivity index (χ1n) is 10.5. The van der Waals surface area contributed by atoms with Crippen LogP contribution < -0.4 is 14.8 Å². The number of aromatic nitrogens is 3. The molecule has 1 unspecified atom stereocenters. The number of para-hydroxylation sites is 1. The van der Waals surface area contributed by atoms with Crippen LogP contribution >= 0.6 is 11.3 Å². The zero-order valence-corrected chi connectivity index (χ0v) is 18.6. The van der Waals surface area contributed by atoms with Gasteiger partial charge in [-0.15, -0.1) is 11.3 Å². The molecule has 0 saturated carbocycles. The van der Waals surface area contributed by atoms with Crippen LogP contribution in [-0.2, 0) is 13.0 Å². The van der Waals surface area contributed by atoms with Crippen molar-refractivity contribution in [2.75, 3.05) is 6.61 Å². The fraction of sp³-hybridized carbons (Fsp3) is 0.250. The number of carbonyl (C=O) groups excluding carboxylic acids is 1. The molecule has 2 aromatic heterocycles. The lowest BCUT2D eigenvalue weighted by atomic mass is 10.1. The Kier molecular flexibility index (Phi) is 5.45. The minimum atomic E-state index is -0.315. The minimum absolute atomic E-state index is 0.139. The third-order valence-corrected chi connectivity index (χ3v) is 6.27. The Bertz CT molecular complexity index is 1270. The van der Waals surface area contributed by atoms with Gasteiger partial charge in [-0.1, -0.05) is 12.1 Å². The van der Waals surface area contributed by atoms with E-state index in [1.807, 2.05) is 50.2 Å². The maximum absolute atomic E-state index is 13.1. The predicted molar refractivity (Wildman–Crippen MR) is 123 cm³/mol. The Labute approximate surface area is 189 Å². The van der Waals surface area contributed by atoms with Crippen molar-refractivity contribution >= 4 is 27.5 Å². The highest BCUT2D eigenvalue weighted by Crippen LogP contribution is 2.35. The lowest BCUT2D eigenvalue weighted by Gasteiger charge is -2.13. The van der Waals surface area contributed by atoms with Crippen LogP contribution in [0.25, 0.3) is 20.9 Å². The van der Waals surface area contributed by atoms with Crippen molar-refractivity contribution < 1.29 is 14.3 Å². The zero-order valence-electron chi connectivity index (χ0n) is 17.8. The van der Waals surface area contributed by atoms with Crippen LogP contribution in [0.3, 0.4) is 0 Å². The van der Waals surface area contributed by atoms with Gasteiger partial charge in [0, 0.05) is 36.5 Å². The van der Waals surface area contributed by atoms with Crippen molar-refractivity contribution in [1.29, 1.82) is 0 Å². The number of thiazole rings is 1. The summed E-state index contributed by atoms with van der Waals surface area (Å²) in [5.41, 5.74) is 3.58. The van der Waals surface area contributed by atoms with Gasteiger partial charge in [0.05, 0.1) is 16.8 Å². The molecule has 7 nitrogen and oxygen atoms in total. The SMILES string of the molecule is CCOc1cc2c(cc1CNC(=O)c1nccnc1-c1nc3ccccc3s1)OC(C)C2. The molecule has 0 bridgehead atoms. The van der Waals surface area contributed by atoms with Gasteiger partial charge in [-0.25, -0.2) is 15.0 Å². The van der Waals surface area contributed by atoms with E-state index < -0.39 is 0 Å². The Morgan fingerprint density at radius 2 is 2.09 bits per heavy atom. The predicted octanol–water partition coefficient (Wildman–Crippen LogP) is 4.41. The van der Waals surface area contributed by atoms with Gasteiger partial charge in [-0.3, -0.25) is 4.79 Å². The average molecular weight is 447 g/mol. The molecule has 0 spiro atoms. The Balaban J connectivity index is 1.40. The summed E-state index contributed by atoms with van der Waals surface area (Å²) in [5.74, 6) is 1.29. The highest BCUT2D eigenvalue weighted by Gasteiger charge is 2.23. The lowest BCUT2D eigenvalue weighted by Crippen LogP contribution is -2.25. The van der Waals surface area contributed by atoms with Crippen LogP contribution in [0.1, 0.15) is 35.5 Å². The van der Waals surface area contributed by atoms with Gasteiger partial charge in [0.2, 0.25) is 0 Å². The van der Waals surface area contributed by atoms with Crippen molar-refractivity contribution in [3.63, 3.8) is 0 Å². The third kappa shape index (κ3) is 3.89. The van der Waals surface area contributed by atoms with E-state index in [0.29, 0.717) is 17.3 Å². The highest BCUT2D eigenvalue weighted by molar-refractivity contribution is 7.21. The smallest absolute Gasteiger partial charge is 0.272 e. The van der Waals surface area contributed by atoms with E-state index in [0.717, 1.165) is 39.3 Å². The van der Waals surface area contributed by atoms with Gasteiger partial charge >= 0.3 is 0 Å². The van der Waals surface area contributed by atoms with E-state index in [2.05, 4.69) is 20.3 Å². The van der Waals surface area contributed by atoms with Gasteiger partial charge in [0.15, 0.2) is 5.69 Å². The summed E-state index contributed by atoms with van der Waals surface area (Å²) < 4.78 is 12.7. The van der Waals surface area contributed by atoms with Crippen molar-refractivity contribution in [3.05, 3.63) is 65.6 Å². The summed E-state index contributed by atoms with van der Waals surface area (Å²) in [6, 6.07) is 11.8. The van der Waals surface area contributed by atoms with Crippen molar-refractivity contribution in [3.8, 4) is 22.2 Å². The number of fused-ring (bicyclic) bond motifs is 2. The largest absolute Gasteiger partial charge is 0.494 e. The van der Waals surface area contributed by atoms with E-state index in [1.165, 1.54) is 17.5 Å². The molecule has 0 radical (unpaired) electrons. The van der Waals surface area contributed by atoms with E-state index in [9.17, 15) is 4.79 Å². The van der Waals surface area contributed by atoms with Gasteiger partial charge in [-0.05, 0) is 38.1 Å². The Hall–Kier alpha value is -3.52. The molecule has 162 valence electrons. The van der Waals surface area contributed by atoms with Crippen LogP contribution in [0.2, 0.25) is 0 Å². The standard InChI is InChI=1S/C24H22N4O3S/c1-3-30-18-11-15-10-14(2)31-19(15)12-16(18)13-27-23(29)21-22(26-9-8-25-21)24-28-17-6-4-5-7-20(17)32-24/h4-9,11-12,14H,3,10,13H2,1-2H3,(H,27,29). The number of ether oxygens (including phenoxy) is 2. The number of nitrogens with one attached hydrogen (secondary N) is 1. The molecule has 1 amide bonds. The Morgan fingerprint density at radius 3 is 2.94 bits per heavy atom. The molecule has 1 aliphatic heterocycles. The van der Waals surface area contributed by atoms with Crippen molar-refractivity contribution in [1.82, 2.24) is 20.3 Å². The molecule has 4 aromatic rings. The molecule has 2 aromatic carbocycles. The normalized spacial score (nSPS) is 14.8. The van der Waals surface area contributed by atoms with Gasteiger partial charge in [0.25, 0.3) is 5.91 Å². The first-order chi connectivity index (χ1) is 15.6. The molecule has 0 saturated heterocycles. The molecule has 1 atom stereocenters. The van der Waals surface area contributed by atoms with Crippen LogP contribution in [-0.4, -0.2) is 33.6 Å². The second-order valence-electron chi connectivity index (χ2n) is 7.56. The minimum Gasteiger partial charge on any atom is -0.494 e. The number of nitrogens with zero attached hydrogens (tertiary/aromatic N) is 3.